The van der Waals surface area contributed by atoms with E-state index in [2.05, 4.69) is 16.4 Å². The van der Waals surface area contributed by atoms with Crippen molar-refractivity contribution < 1.29 is 0 Å². The Morgan fingerprint density at radius 2 is 2.20 bits per heavy atom. The van der Waals surface area contributed by atoms with Gasteiger partial charge >= 0.3 is 0 Å². The Hall–Kier alpha value is -1.60. The molecule has 0 bridgehead atoms. The predicted molar refractivity (Wildman–Crippen MR) is 60.4 cm³/mol. The van der Waals surface area contributed by atoms with Gasteiger partial charge in [0, 0.05) is 12.1 Å². The summed E-state index contributed by atoms with van der Waals surface area (Å²) in [5.41, 5.74) is 6.90. The number of pyridine rings is 1. The van der Waals surface area contributed by atoms with Crippen LogP contribution in [-0.2, 0) is 0 Å². The van der Waals surface area contributed by atoms with Crippen LogP contribution in [0.2, 0.25) is 0 Å². The van der Waals surface area contributed by atoms with Crippen LogP contribution in [0.1, 0.15) is 25.1 Å². The van der Waals surface area contributed by atoms with Gasteiger partial charge in [-0.2, -0.15) is 5.26 Å². The van der Waals surface area contributed by atoms with Crippen molar-refractivity contribution in [1.29, 1.82) is 5.26 Å². The minimum Gasteiger partial charge on any atom is -0.368 e. The number of nitriles is 1. The summed E-state index contributed by atoms with van der Waals surface area (Å²) in [6.45, 7) is 6.34. The number of rotatable bonds is 3. The molecule has 3 N–H and O–H groups in total. The van der Waals surface area contributed by atoms with E-state index in [1.54, 1.807) is 12.1 Å². The van der Waals surface area contributed by atoms with Gasteiger partial charge in [-0.15, -0.1) is 0 Å². The van der Waals surface area contributed by atoms with E-state index in [0.29, 0.717) is 12.1 Å². The highest BCUT2D eigenvalue weighted by Gasteiger charge is 2.10. The summed E-state index contributed by atoms with van der Waals surface area (Å²) in [5.74, 6) is 0.755. The van der Waals surface area contributed by atoms with E-state index in [-0.39, 0.29) is 5.54 Å². The lowest BCUT2D eigenvalue weighted by Gasteiger charge is -2.19. The zero-order valence-electron chi connectivity index (χ0n) is 9.33. The summed E-state index contributed by atoms with van der Waals surface area (Å²) in [7, 11) is 0. The molecule has 4 nitrogen and oxygen atoms in total. The molecule has 0 saturated carbocycles. The molecule has 0 amide bonds. The van der Waals surface area contributed by atoms with Gasteiger partial charge < -0.3 is 11.1 Å². The van der Waals surface area contributed by atoms with E-state index >= 15 is 0 Å². The number of aromatic nitrogens is 1. The molecule has 80 valence electrons. The van der Waals surface area contributed by atoms with Gasteiger partial charge in [-0.3, -0.25) is 0 Å². The van der Waals surface area contributed by atoms with Crippen molar-refractivity contribution in [2.45, 2.75) is 26.3 Å². The molecule has 0 spiro atoms. The molecule has 0 aliphatic rings. The Labute approximate surface area is 90.1 Å². The highest BCUT2D eigenvalue weighted by molar-refractivity contribution is 5.43. The summed E-state index contributed by atoms with van der Waals surface area (Å²) in [5, 5.41) is 11.9. The van der Waals surface area contributed by atoms with Crippen LogP contribution in [0.5, 0.6) is 0 Å². The van der Waals surface area contributed by atoms with Gasteiger partial charge in [0.25, 0.3) is 0 Å². The number of anilines is 1. The van der Waals surface area contributed by atoms with Crippen molar-refractivity contribution in [2.24, 2.45) is 5.73 Å². The molecule has 0 unspecified atom stereocenters. The Bertz CT molecular complexity index is 385. The normalized spacial score (nSPS) is 10.9. The van der Waals surface area contributed by atoms with Crippen LogP contribution in [0.3, 0.4) is 0 Å². The summed E-state index contributed by atoms with van der Waals surface area (Å²) in [6, 6.07) is 5.63. The molecule has 1 aromatic heterocycles. The number of aryl methyl sites for hydroxylation is 1. The number of nitrogens with two attached hydrogens (primary N) is 1. The Morgan fingerprint density at radius 3 is 2.67 bits per heavy atom. The number of nitrogens with one attached hydrogen (secondary N) is 1. The highest BCUT2D eigenvalue weighted by atomic mass is 15.0. The quantitative estimate of drug-likeness (QED) is 0.780. The van der Waals surface area contributed by atoms with E-state index < -0.39 is 0 Å². The van der Waals surface area contributed by atoms with Crippen LogP contribution in [0.4, 0.5) is 5.82 Å². The average Bonchev–Trinajstić information content (AvgIpc) is 2.14. The first-order valence-electron chi connectivity index (χ1n) is 4.83. The lowest BCUT2D eigenvalue weighted by atomic mass is 10.1. The van der Waals surface area contributed by atoms with Gasteiger partial charge in [0.2, 0.25) is 0 Å². The predicted octanol–water partition coefficient (Wildman–Crippen LogP) is 1.41. The van der Waals surface area contributed by atoms with Gasteiger partial charge in [0.05, 0.1) is 11.3 Å². The molecular weight excluding hydrogens is 188 g/mol. The van der Waals surface area contributed by atoms with Gasteiger partial charge in [-0.05, 0) is 32.9 Å². The summed E-state index contributed by atoms with van der Waals surface area (Å²) < 4.78 is 0. The first-order valence-corrected chi connectivity index (χ1v) is 4.83. The van der Waals surface area contributed by atoms with Crippen LogP contribution < -0.4 is 11.1 Å². The molecule has 0 saturated heterocycles. The fourth-order valence-electron chi connectivity index (χ4n) is 1.10. The number of nitrogens with zero attached hydrogens (tertiary/aromatic N) is 2. The molecule has 0 fully saturated rings. The molecule has 1 aromatic rings. The molecule has 0 aliphatic carbocycles. The third-order valence-electron chi connectivity index (χ3n) is 1.93. The number of hydrogen-bond acceptors (Lipinski definition) is 4. The van der Waals surface area contributed by atoms with E-state index in [4.69, 9.17) is 11.0 Å². The van der Waals surface area contributed by atoms with E-state index in [9.17, 15) is 0 Å². The standard InChI is InChI=1S/C11H16N4/c1-8-9(6-12)4-5-10(15-8)14-7-11(2,3)13/h4-5H,7,13H2,1-3H3,(H,14,15). The molecule has 0 aromatic carbocycles. The van der Waals surface area contributed by atoms with Gasteiger partial charge in [-0.1, -0.05) is 0 Å². The van der Waals surface area contributed by atoms with Gasteiger partial charge in [0.1, 0.15) is 11.9 Å². The maximum atomic E-state index is 8.74. The van der Waals surface area contributed by atoms with E-state index in [1.807, 2.05) is 20.8 Å². The van der Waals surface area contributed by atoms with Crippen molar-refractivity contribution in [3.8, 4) is 6.07 Å². The molecule has 15 heavy (non-hydrogen) atoms. The highest BCUT2D eigenvalue weighted by Crippen LogP contribution is 2.10. The summed E-state index contributed by atoms with van der Waals surface area (Å²) in [4.78, 5) is 4.26. The maximum Gasteiger partial charge on any atom is 0.126 e. The maximum absolute atomic E-state index is 8.74. The van der Waals surface area contributed by atoms with Crippen molar-refractivity contribution in [3.63, 3.8) is 0 Å². The second-order valence-electron chi connectivity index (χ2n) is 4.28. The topological polar surface area (TPSA) is 74.7 Å². The molecule has 1 rings (SSSR count). The van der Waals surface area contributed by atoms with Crippen molar-refractivity contribution in [2.75, 3.05) is 11.9 Å². The SMILES string of the molecule is Cc1nc(NCC(C)(C)N)ccc1C#N. The van der Waals surface area contributed by atoms with Crippen molar-refractivity contribution in [1.82, 2.24) is 4.98 Å². The minimum atomic E-state index is -0.274. The smallest absolute Gasteiger partial charge is 0.126 e. The van der Waals surface area contributed by atoms with Gasteiger partial charge in [0.15, 0.2) is 0 Å². The largest absolute Gasteiger partial charge is 0.368 e. The molecular formula is C11H16N4. The molecule has 1 heterocycles. The third-order valence-corrected chi connectivity index (χ3v) is 1.93. The fourth-order valence-corrected chi connectivity index (χ4v) is 1.10. The van der Waals surface area contributed by atoms with Crippen LogP contribution in [-0.4, -0.2) is 17.1 Å². The molecule has 0 aliphatic heterocycles. The van der Waals surface area contributed by atoms with E-state index in [1.165, 1.54) is 0 Å². The summed E-state index contributed by atoms with van der Waals surface area (Å²) in [6.07, 6.45) is 0. The monoisotopic (exact) mass is 204 g/mol. The number of hydrogen-bond donors (Lipinski definition) is 2. The first kappa shape index (κ1) is 11.5. The minimum absolute atomic E-state index is 0.274. The third kappa shape index (κ3) is 3.56. The van der Waals surface area contributed by atoms with Gasteiger partial charge in [-0.25, -0.2) is 4.98 Å². The van der Waals surface area contributed by atoms with Crippen molar-refractivity contribution >= 4 is 5.82 Å². The second kappa shape index (κ2) is 4.28. The van der Waals surface area contributed by atoms with Crippen LogP contribution in [0.25, 0.3) is 0 Å². The van der Waals surface area contributed by atoms with Crippen molar-refractivity contribution in [3.05, 3.63) is 23.4 Å². The van der Waals surface area contributed by atoms with Crippen LogP contribution in [0.15, 0.2) is 12.1 Å². The van der Waals surface area contributed by atoms with Crippen LogP contribution in [0, 0.1) is 18.3 Å². The zero-order chi connectivity index (χ0) is 11.5. The van der Waals surface area contributed by atoms with E-state index in [0.717, 1.165) is 11.5 Å². The molecule has 0 radical (unpaired) electrons. The molecule has 4 heteroatoms. The average molecular weight is 204 g/mol. The second-order valence-corrected chi connectivity index (χ2v) is 4.28. The molecule has 0 atom stereocenters. The Morgan fingerprint density at radius 1 is 1.53 bits per heavy atom. The van der Waals surface area contributed by atoms with Crippen LogP contribution >= 0.6 is 0 Å². The first-order chi connectivity index (χ1) is 6.92. The zero-order valence-corrected chi connectivity index (χ0v) is 9.33. The Balaban J connectivity index is 2.73. The fraction of sp³-hybridized carbons (Fsp3) is 0.455. The Kier molecular flexibility index (Phi) is 3.28. The summed E-state index contributed by atoms with van der Waals surface area (Å²) >= 11 is 0. The lowest BCUT2D eigenvalue weighted by molar-refractivity contribution is 0.548. The lowest BCUT2D eigenvalue weighted by Crippen LogP contribution is -2.39.